The fraction of sp³-hybridized carbons (Fsp3) is 0.900. The minimum Gasteiger partial charge on any atom is -0.480 e. The Morgan fingerprint density at radius 3 is 2.27 bits per heavy atom. The third kappa shape index (κ3) is 3.97. The Hall–Kier alpha value is -0.320. The van der Waals surface area contributed by atoms with Gasteiger partial charge in [-0.15, -0.1) is 11.6 Å². The molecule has 0 aliphatic carbocycles. The van der Waals surface area contributed by atoms with Crippen LogP contribution < -0.4 is 0 Å². The number of carboxylic acids is 1. The highest BCUT2D eigenvalue weighted by molar-refractivity contribution is 6.29. The summed E-state index contributed by atoms with van der Waals surface area (Å²) in [6.07, 6.45) is 0. The second-order valence-corrected chi connectivity index (χ2v) is 4.76. The van der Waals surface area contributed by atoms with Crippen LogP contribution >= 0.6 is 11.6 Å². The van der Waals surface area contributed by atoms with Gasteiger partial charge in [-0.3, -0.25) is 14.6 Å². The van der Waals surface area contributed by atoms with E-state index in [9.17, 15) is 4.79 Å². The number of carbonyl (C=O) groups is 1. The first-order valence-electron chi connectivity index (χ1n) is 5.34. The smallest absolute Gasteiger partial charge is 0.322 e. The number of nitrogens with zero attached hydrogens (tertiary/aromatic N) is 2. The molecule has 1 saturated heterocycles. The van der Waals surface area contributed by atoms with Crippen molar-refractivity contribution in [2.45, 2.75) is 25.3 Å². The van der Waals surface area contributed by atoms with Crippen molar-refractivity contribution in [3.05, 3.63) is 0 Å². The van der Waals surface area contributed by atoms with E-state index in [1.807, 2.05) is 0 Å². The summed E-state index contributed by atoms with van der Waals surface area (Å²) in [6.45, 7) is 8.63. The minimum atomic E-state index is -0.928. The van der Waals surface area contributed by atoms with Gasteiger partial charge in [-0.25, -0.2) is 0 Å². The van der Waals surface area contributed by atoms with Gasteiger partial charge in [0.2, 0.25) is 0 Å². The first-order valence-corrected chi connectivity index (χ1v) is 5.77. The molecule has 0 saturated carbocycles. The number of halogens is 1. The maximum Gasteiger partial charge on any atom is 0.322 e. The van der Waals surface area contributed by atoms with Crippen molar-refractivity contribution in [2.24, 2.45) is 0 Å². The number of alkyl halides is 1. The number of rotatable bonds is 4. The lowest BCUT2D eigenvalue weighted by Crippen LogP contribution is -2.50. The van der Waals surface area contributed by atoms with Crippen LogP contribution in [-0.2, 0) is 4.79 Å². The van der Waals surface area contributed by atoms with Crippen molar-refractivity contribution >= 4 is 17.6 Å². The molecule has 0 aromatic rings. The van der Waals surface area contributed by atoms with Crippen LogP contribution in [0.25, 0.3) is 0 Å². The van der Waals surface area contributed by atoms with Gasteiger partial charge >= 0.3 is 5.97 Å². The monoisotopic (exact) mass is 234 g/mol. The Kier molecular flexibility index (Phi) is 4.83. The zero-order valence-corrected chi connectivity index (χ0v) is 10.1. The zero-order valence-electron chi connectivity index (χ0n) is 9.32. The van der Waals surface area contributed by atoms with Gasteiger partial charge in [0, 0.05) is 38.8 Å². The Morgan fingerprint density at radius 2 is 1.87 bits per heavy atom. The second kappa shape index (κ2) is 5.68. The second-order valence-electron chi connectivity index (χ2n) is 4.24. The minimum absolute atomic E-state index is 0.447. The molecule has 0 aromatic heterocycles. The van der Waals surface area contributed by atoms with Gasteiger partial charge in [0.1, 0.15) is 5.38 Å². The molecule has 1 N–H and O–H groups in total. The summed E-state index contributed by atoms with van der Waals surface area (Å²) in [5.41, 5.74) is 0. The largest absolute Gasteiger partial charge is 0.480 e. The molecule has 1 heterocycles. The molecule has 0 bridgehead atoms. The van der Waals surface area contributed by atoms with E-state index < -0.39 is 11.3 Å². The van der Waals surface area contributed by atoms with Crippen molar-refractivity contribution in [3.63, 3.8) is 0 Å². The maximum absolute atomic E-state index is 10.6. The third-order valence-electron chi connectivity index (χ3n) is 2.82. The number of piperazine rings is 1. The van der Waals surface area contributed by atoms with Crippen LogP contribution in [0.1, 0.15) is 13.8 Å². The van der Waals surface area contributed by atoms with Gasteiger partial charge < -0.3 is 5.11 Å². The van der Waals surface area contributed by atoms with Crippen molar-refractivity contribution in [1.82, 2.24) is 9.80 Å². The Bertz CT molecular complexity index is 215. The molecule has 1 rings (SSSR count). The molecule has 1 aliphatic heterocycles. The summed E-state index contributed by atoms with van der Waals surface area (Å²) < 4.78 is 0. The highest BCUT2D eigenvalue weighted by Gasteiger charge is 2.23. The first-order chi connectivity index (χ1) is 7.00. The van der Waals surface area contributed by atoms with Gasteiger partial charge in [-0.05, 0) is 13.8 Å². The molecule has 1 aliphatic rings. The molecular formula is C10H19ClN2O2. The summed E-state index contributed by atoms with van der Waals surface area (Å²) in [4.78, 5) is 15.1. The van der Waals surface area contributed by atoms with Crippen LogP contribution in [0, 0.1) is 0 Å². The standard InChI is InChI=1S/C10H19ClN2O2/c1-8(2)13-5-3-12(4-6-13)7-9(11)10(14)15/h8-9H,3-7H2,1-2H3,(H,14,15). The lowest BCUT2D eigenvalue weighted by molar-refractivity contribution is -0.137. The van der Waals surface area contributed by atoms with Crippen molar-refractivity contribution in [1.29, 1.82) is 0 Å². The van der Waals surface area contributed by atoms with E-state index >= 15 is 0 Å². The van der Waals surface area contributed by atoms with Crippen LogP contribution in [0.15, 0.2) is 0 Å². The Labute approximate surface area is 95.8 Å². The number of carboxylic acid groups (broad SMARTS) is 1. The quantitative estimate of drug-likeness (QED) is 0.728. The molecule has 0 radical (unpaired) electrons. The van der Waals surface area contributed by atoms with Gasteiger partial charge in [0.05, 0.1) is 0 Å². The highest BCUT2D eigenvalue weighted by Crippen LogP contribution is 2.08. The molecule has 4 nitrogen and oxygen atoms in total. The Balaban J connectivity index is 2.28. The number of hydrogen-bond acceptors (Lipinski definition) is 3. The molecule has 1 unspecified atom stereocenters. The zero-order chi connectivity index (χ0) is 11.4. The van der Waals surface area contributed by atoms with Gasteiger partial charge in [0.15, 0.2) is 0 Å². The Morgan fingerprint density at radius 1 is 1.33 bits per heavy atom. The SMILES string of the molecule is CC(C)N1CCN(CC(Cl)C(=O)O)CC1. The van der Waals surface area contributed by atoms with E-state index in [0.717, 1.165) is 26.2 Å². The van der Waals surface area contributed by atoms with Crippen LogP contribution in [0.4, 0.5) is 0 Å². The van der Waals surface area contributed by atoms with Crippen molar-refractivity contribution in [3.8, 4) is 0 Å². The third-order valence-corrected chi connectivity index (χ3v) is 3.15. The molecule has 15 heavy (non-hydrogen) atoms. The summed E-state index contributed by atoms with van der Waals surface area (Å²) in [7, 11) is 0. The lowest BCUT2D eigenvalue weighted by Gasteiger charge is -2.37. The summed E-state index contributed by atoms with van der Waals surface area (Å²) in [6, 6.07) is 0.568. The molecule has 0 amide bonds. The van der Waals surface area contributed by atoms with E-state index in [1.165, 1.54) is 0 Å². The van der Waals surface area contributed by atoms with E-state index in [1.54, 1.807) is 0 Å². The van der Waals surface area contributed by atoms with Crippen LogP contribution in [0.2, 0.25) is 0 Å². The summed E-state index contributed by atoms with van der Waals surface area (Å²) >= 11 is 5.69. The van der Waals surface area contributed by atoms with Crippen LogP contribution in [0.3, 0.4) is 0 Å². The van der Waals surface area contributed by atoms with Crippen molar-refractivity contribution in [2.75, 3.05) is 32.7 Å². The average molecular weight is 235 g/mol. The first kappa shape index (κ1) is 12.7. The fourth-order valence-electron chi connectivity index (χ4n) is 1.77. The van der Waals surface area contributed by atoms with Gasteiger partial charge in [-0.1, -0.05) is 0 Å². The van der Waals surface area contributed by atoms with Gasteiger partial charge in [-0.2, -0.15) is 0 Å². The molecular weight excluding hydrogens is 216 g/mol. The molecule has 0 aromatic carbocycles. The molecule has 5 heteroatoms. The molecule has 0 spiro atoms. The number of hydrogen-bond donors (Lipinski definition) is 1. The molecule has 1 atom stereocenters. The summed E-state index contributed by atoms with van der Waals surface area (Å²) in [5.74, 6) is -0.928. The highest BCUT2D eigenvalue weighted by atomic mass is 35.5. The van der Waals surface area contributed by atoms with E-state index in [2.05, 4.69) is 23.6 Å². The maximum atomic E-state index is 10.6. The predicted octanol–water partition coefficient (Wildman–Crippen LogP) is 0.704. The molecule has 88 valence electrons. The normalized spacial score (nSPS) is 21.9. The topological polar surface area (TPSA) is 43.8 Å². The predicted molar refractivity (Wildman–Crippen MR) is 60.4 cm³/mol. The van der Waals surface area contributed by atoms with Crippen LogP contribution in [-0.4, -0.2) is 65.0 Å². The van der Waals surface area contributed by atoms with E-state index in [-0.39, 0.29) is 0 Å². The number of aliphatic carboxylic acids is 1. The van der Waals surface area contributed by atoms with E-state index in [4.69, 9.17) is 16.7 Å². The van der Waals surface area contributed by atoms with Crippen molar-refractivity contribution < 1.29 is 9.90 Å². The lowest BCUT2D eigenvalue weighted by atomic mass is 10.2. The summed E-state index contributed by atoms with van der Waals surface area (Å²) in [5, 5.41) is 7.90. The van der Waals surface area contributed by atoms with Gasteiger partial charge in [0.25, 0.3) is 0 Å². The van der Waals surface area contributed by atoms with Crippen LogP contribution in [0.5, 0.6) is 0 Å². The fourth-order valence-corrected chi connectivity index (χ4v) is 1.96. The van der Waals surface area contributed by atoms with E-state index in [0.29, 0.717) is 12.6 Å². The average Bonchev–Trinajstić information content (AvgIpc) is 2.18. The molecule has 1 fully saturated rings.